The first kappa shape index (κ1) is 29.8. The second-order valence-corrected chi connectivity index (χ2v) is 8.38. The molecule has 2 atom stereocenters. The molecule has 2 aromatic carbocycles. The molecule has 10 nitrogen and oxygen atoms in total. The number of Topliss-reactive ketones (excluding diaryl/α,β-unsaturated/α-hetero) is 1. The summed E-state index contributed by atoms with van der Waals surface area (Å²) in [6.07, 6.45) is -0.963. The Morgan fingerprint density at radius 1 is 0.974 bits per heavy atom. The Morgan fingerprint density at radius 3 is 2.29 bits per heavy atom. The number of rotatable bonds is 11. The molecule has 4 N–H and O–H groups in total. The van der Waals surface area contributed by atoms with Crippen molar-refractivity contribution in [2.75, 3.05) is 11.9 Å². The van der Waals surface area contributed by atoms with Gasteiger partial charge in [-0.1, -0.05) is 12.1 Å². The number of benzene rings is 2. The topological polar surface area (TPSA) is 151 Å². The van der Waals surface area contributed by atoms with Gasteiger partial charge in [0, 0.05) is 23.7 Å². The third-order valence-corrected chi connectivity index (χ3v) is 5.30. The summed E-state index contributed by atoms with van der Waals surface area (Å²) in [4.78, 5) is 60.5. The number of carbonyl (C=O) groups excluding carboxylic acids is 4. The molecule has 0 heterocycles. The first-order chi connectivity index (χ1) is 17.8. The predicted molar refractivity (Wildman–Crippen MR) is 128 cm³/mol. The maximum absolute atomic E-state index is 14.0. The zero-order valence-corrected chi connectivity index (χ0v) is 20.7. The number of hydrogen-bond donors (Lipinski definition) is 4. The van der Waals surface area contributed by atoms with Crippen molar-refractivity contribution in [3.05, 3.63) is 58.9 Å². The van der Waals surface area contributed by atoms with E-state index in [0.29, 0.717) is 11.8 Å². The molecule has 13 heteroatoms. The van der Waals surface area contributed by atoms with Gasteiger partial charge in [-0.3, -0.25) is 24.0 Å². The van der Waals surface area contributed by atoms with E-state index in [1.165, 1.54) is 6.92 Å². The fourth-order valence-corrected chi connectivity index (χ4v) is 3.20. The standard InChI is InChI=1S/C25H26F3N3O7/c1-12-5-4-6-15(9-12)30-25(37)24(36)29-14(3)23(35)31-18(7-8-20(33)34)19(32)11-38-22-13(2)16(26)10-17(27)21(22)28/h4-6,9-10,14,18H,7-8,11H2,1-3H3,(H,29,36)(H,30,37)(H,31,35)(H,33,34)/t14-,18-/m0/s1. The molecule has 0 spiro atoms. The molecule has 2 rings (SSSR count). The van der Waals surface area contributed by atoms with E-state index in [0.717, 1.165) is 12.5 Å². The van der Waals surface area contributed by atoms with Crippen molar-refractivity contribution >= 4 is 35.2 Å². The number of aliphatic carboxylic acids is 1. The SMILES string of the molecule is Cc1cccc(NC(=O)C(=O)N[C@@H](C)C(=O)N[C@@H](CCC(=O)O)C(=O)COc2c(C)c(F)cc(F)c2F)c1. The van der Waals surface area contributed by atoms with Gasteiger partial charge in [0.15, 0.2) is 17.3 Å². The highest BCUT2D eigenvalue weighted by atomic mass is 19.2. The molecule has 0 radical (unpaired) electrons. The largest absolute Gasteiger partial charge is 0.482 e. The first-order valence-electron chi connectivity index (χ1n) is 11.3. The van der Waals surface area contributed by atoms with Crippen LogP contribution < -0.4 is 20.7 Å². The molecule has 0 aliphatic carbocycles. The second-order valence-electron chi connectivity index (χ2n) is 8.38. The van der Waals surface area contributed by atoms with Crippen LogP contribution in [0.5, 0.6) is 5.75 Å². The van der Waals surface area contributed by atoms with E-state index >= 15 is 0 Å². The monoisotopic (exact) mass is 537 g/mol. The fourth-order valence-electron chi connectivity index (χ4n) is 3.20. The van der Waals surface area contributed by atoms with Crippen molar-refractivity contribution in [1.82, 2.24) is 10.6 Å². The van der Waals surface area contributed by atoms with Crippen LogP contribution in [-0.4, -0.2) is 53.3 Å². The fraction of sp³-hybridized carbons (Fsp3) is 0.320. The van der Waals surface area contributed by atoms with E-state index in [2.05, 4.69) is 16.0 Å². The van der Waals surface area contributed by atoms with Crippen LogP contribution in [0.15, 0.2) is 30.3 Å². The van der Waals surface area contributed by atoms with E-state index in [9.17, 15) is 37.1 Å². The molecule has 3 amide bonds. The molecule has 38 heavy (non-hydrogen) atoms. The van der Waals surface area contributed by atoms with Crippen molar-refractivity contribution in [2.24, 2.45) is 0 Å². The molecular weight excluding hydrogens is 511 g/mol. The number of hydrogen-bond acceptors (Lipinski definition) is 6. The van der Waals surface area contributed by atoms with E-state index in [1.54, 1.807) is 31.2 Å². The number of anilines is 1. The van der Waals surface area contributed by atoms with Crippen LogP contribution in [0.25, 0.3) is 0 Å². The van der Waals surface area contributed by atoms with Crippen LogP contribution in [0.1, 0.15) is 30.9 Å². The summed E-state index contributed by atoms with van der Waals surface area (Å²) >= 11 is 0. The Balaban J connectivity index is 2.03. The Labute approximate surface area is 215 Å². The van der Waals surface area contributed by atoms with Crippen LogP contribution in [0, 0.1) is 31.3 Å². The Hall–Kier alpha value is -4.42. The van der Waals surface area contributed by atoms with Crippen molar-refractivity contribution in [1.29, 1.82) is 0 Å². The van der Waals surface area contributed by atoms with Crippen molar-refractivity contribution in [3.63, 3.8) is 0 Å². The van der Waals surface area contributed by atoms with Gasteiger partial charge in [-0.05, 0) is 44.9 Å². The van der Waals surface area contributed by atoms with Gasteiger partial charge in [0.05, 0.1) is 6.04 Å². The second kappa shape index (κ2) is 13.2. The smallest absolute Gasteiger partial charge is 0.313 e. The summed E-state index contributed by atoms with van der Waals surface area (Å²) in [5, 5.41) is 15.7. The molecule has 0 aromatic heterocycles. The van der Waals surface area contributed by atoms with Crippen LogP contribution in [0.4, 0.5) is 18.9 Å². The van der Waals surface area contributed by atoms with Gasteiger partial charge < -0.3 is 25.8 Å². The lowest BCUT2D eigenvalue weighted by Crippen LogP contribution is -2.52. The van der Waals surface area contributed by atoms with Gasteiger partial charge in [-0.2, -0.15) is 4.39 Å². The first-order valence-corrected chi connectivity index (χ1v) is 11.3. The van der Waals surface area contributed by atoms with Crippen LogP contribution >= 0.6 is 0 Å². The highest BCUT2D eigenvalue weighted by molar-refractivity contribution is 6.40. The number of nitrogens with one attached hydrogen (secondary N) is 3. The zero-order valence-electron chi connectivity index (χ0n) is 20.7. The summed E-state index contributed by atoms with van der Waals surface area (Å²) in [6, 6.07) is 4.13. The molecule has 0 aliphatic rings. The molecule has 204 valence electrons. The van der Waals surface area contributed by atoms with Gasteiger partial charge in [0.1, 0.15) is 18.5 Å². The maximum Gasteiger partial charge on any atom is 0.313 e. The minimum Gasteiger partial charge on any atom is -0.482 e. The van der Waals surface area contributed by atoms with E-state index in [1.807, 2.05) is 0 Å². The summed E-state index contributed by atoms with van der Waals surface area (Å²) in [6.45, 7) is 3.14. The summed E-state index contributed by atoms with van der Waals surface area (Å²) in [5.41, 5.74) is 0.784. The van der Waals surface area contributed by atoms with E-state index in [4.69, 9.17) is 9.84 Å². The lowest BCUT2D eigenvalue weighted by molar-refractivity contribution is -0.139. The third-order valence-electron chi connectivity index (χ3n) is 5.30. The molecule has 0 bridgehead atoms. The molecule has 0 aliphatic heterocycles. The van der Waals surface area contributed by atoms with E-state index in [-0.39, 0.29) is 0 Å². The number of ketones is 1. The number of carbonyl (C=O) groups is 5. The minimum atomic E-state index is -1.54. The molecule has 0 fully saturated rings. The average molecular weight is 537 g/mol. The molecule has 2 aromatic rings. The molecule has 0 saturated carbocycles. The average Bonchev–Trinajstić information content (AvgIpc) is 2.84. The Kier molecular flexibility index (Phi) is 10.4. The lowest BCUT2D eigenvalue weighted by atomic mass is 10.1. The third kappa shape index (κ3) is 8.32. The number of aryl methyl sites for hydroxylation is 1. The Morgan fingerprint density at radius 2 is 1.66 bits per heavy atom. The van der Waals surface area contributed by atoms with Gasteiger partial charge in [0.2, 0.25) is 11.7 Å². The molecule has 0 unspecified atom stereocenters. The van der Waals surface area contributed by atoms with Gasteiger partial charge in [-0.25, -0.2) is 8.78 Å². The highest BCUT2D eigenvalue weighted by Gasteiger charge is 2.27. The summed E-state index contributed by atoms with van der Waals surface area (Å²) < 4.78 is 46.2. The summed E-state index contributed by atoms with van der Waals surface area (Å²) in [7, 11) is 0. The Bertz CT molecular complexity index is 1230. The number of halogens is 3. The zero-order chi connectivity index (χ0) is 28.6. The van der Waals surface area contributed by atoms with Crippen molar-refractivity contribution < 1.29 is 47.0 Å². The van der Waals surface area contributed by atoms with Gasteiger partial charge in [-0.15, -0.1) is 0 Å². The number of carboxylic acids is 1. The maximum atomic E-state index is 14.0. The lowest BCUT2D eigenvalue weighted by Gasteiger charge is -2.21. The van der Waals surface area contributed by atoms with E-state index < -0.39 is 89.8 Å². The van der Waals surface area contributed by atoms with Gasteiger partial charge >= 0.3 is 17.8 Å². The molecular formula is C25H26F3N3O7. The van der Waals surface area contributed by atoms with Crippen molar-refractivity contribution in [3.8, 4) is 5.75 Å². The van der Waals surface area contributed by atoms with Crippen molar-refractivity contribution in [2.45, 2.75) is 45.7 Å². The number of ether oxygens (including phenoxy) is 1. The summed E-state index contributed by atoms with van der Waals surface area (Å²) in [5.74, 6) is -10.4. The van der Waals surface area contributed by atoms with Gasteiger partial charge in [0.25, 0.3) is 0 Å². The number of carboxylic acid groups (broad SMARTS) is 1. The minimum absolute atomic E-state index is 0.312. The highest BCUT2D eigenvalue weighted by Crippen LogP contribution is 2.27. The van der Waals surface area contributed by atoms with Crippen LogP contribution in [-0.2, 0) is 24.0 Å². The quantitative estimate of drug-likeness (QED) is 0.253. The molecule has 0 saturated heterocycles. The predicted octanol–water partition coefficient (Wildman–Crippen LogP) is 2.16. The normalized spacial score (nSPS) is 12.2. The number of amides is 3. The van der Waals surface area contributed by atoms with Crippen LogP contribution in [0.3, 0.4) is 0 Å². The van der Waals surface area contributed by atoms with Crippen LogP contribution in [0.2, 0.25) is 0 Å².